The molecule has 4 nitrogen and oxygen atoms in total. The summed E-state index contributed by atoms with van der Waals surface area (Å²) in [5.41, 5.74) is 0.968. The molecule has 0 unspecified atom stereocenters. The zero-order valence-corrected chi connectivity index (χ0v) is 13.6. The molecule has 0 saturated carbocycles. The van der Waals surface area contributed by atoms with Gasteiger partial charge in [0.1, 0.15) is 10.4 Å². The molecule has 1 rings (SSSR count). The summed E-state index contributed by atoms with van der Waals surface area (Å²) in [7, 11) is 1.32. The van der Waals surface area contributed by atoms with E-state index >= 15 is 0 Å². The number of nitrogens with one attached hydrogen (secondary N) is 1. The first-order chi connectivity index (χ1) is 9.40. The number of ether oxygens (including phenoxy) is 1. The lowest BCUT2D eigenvalue weighted by Crippen LogP contribution is -2.49. The Balaban J connectivity index is 2.81. The van der Waals surface area contributed by atoms with E-state index in [9.17, 15) is 9.59 Å². The van der Waals surface area contributed by atoms with E-state index in [4.69, 9.17) is 4.74 Å². The number of carbonyl (C=O) groups excluding carboxylic acids is 2. The van der Waals surface area contributed by atoms with Crippen LogP contribution >= 0.6 is 15.9 Å². The molecule has 0 aliphatic heterocycles. The van der Waals surface area contributed by atoms with Gasteiger partial charge >= 0.3 is 5.97 Å². The van der Waals surface area contributed by atoms with Crippen LogP contribution in [0.15, 0.2) is 30.3 Å². The number of benzene rings is 1. The van der Waals surface area contributed by atoms with Crippen LogP contribution in [-0.2, 0) is 20.7 Å². The Morgan fingerprint density at radius 1 is 1.35 bits per heavy atom. The van der Waals surface area contributed by atoms with Crippen molar-refractivity contribution in [3.8, 4) is 0 Å². The number of rotatable bonds is 6. The van der Waals surface area contributed by atoms with Gasteiger partial charge in [0.05, 0.1) is 7.11 Å². The fourth-order valence-electron chi connectivity index (χ4n) is 1.65. The third-order valence-corrected chi connectivity index (χ3v) is 4.13. The zero-order chi connectivity index (χ0) is 15.2. The summed E-state index contributed by atoms with van der Waals surface area (Å²) in [4.78, 5) is 24.0. The maximum atomic E-state index is 12.2. The van der Waals surface area contributed by atoms with Crippen molar-refractivity contribution in [3.05, 3.63) is 35.9 Å². The lowest BCUT2D eigenvalue weighted by atomic mass is 10.0. The zero-order valence-electron chi connectivity index (χ0n) is 12.0. The molecule has 0 radical (unpaired) electrons. The van der Waals surface area contributed by atoms with Gasteiger partial charge in [-0.25, -0.2) is 4.79 Å². The van der Waals surface area contributed by atoms with Gasteiger partial charge in [0, 0.05) is 6.42 Å². The van der Waals surface area contributed by atoms with E-state index in [0.29, 0.717) is 12.8 Å². The van der Waals surface area contributed by atoms with Crippen LogP contribution in [0.1, 0.15) is 25.8 Å². The third-order valence-electron chi connectivity index (χ3n) is 3.21. The normalized spacial score (nSPS) is 15.0. The van der Waals surface area contributed by atoms with Crippen molar-refractivity contribution in [2.24, 2.45) is 0 Å². The lowest BCUT2D eigenvalue weighted by molar-refractivity contribution is -0.145. The highest BCUT2D eigenvalue weighted by Crippen LogP contribution is 2.21. The predicted molar refractivity (Wildman–Crippen MR) is 81.7 cm³/mol. The molecular formula is C15H20BrNO3. The van der Waals surface area contributed by atoms with Gasteiger partial charge in [-0.3, -0.25) is 4.79 Å². The van der Waals surface area contributed by atoms with Crippen LogP contribution < -0.4 is 5.32 Å². The average molecular weight is 342 g/mol. The molecule has 5 heteroatoms. The summed E-state index contributed by atoms with van der Waals surface area (Å²) < 4.78 is 4.08. The molecule has 1 N–H and O–H groups in total. The number of hydrogen-bond acceptors (Lipinski definition) is 3. The van der Waals surface area contributed by atoms with Gasteiger partial charge in [-0.1, -0.05) is 53.2 Å². The predicted octanol–water partition coefficient (Wildman–Crippen LogP) is 2.45. The molecule has 0 aliphatic carbocycles. The minimum Gasteiger partial charge on any atom is -0.467 e. The Bertz CT molecular complexity index is 459. The number of methoxy groups -OCH3 is 1. The number of amides is 1. The molecule has 0 heterocycles. The van der Waals surface area contributed by atoms with Crippen LogP contribution in [0.2, 0.25) is 0 Å². The summed E-state index contributed by atoms with van der Waals surface area (Å²) in [5.74, 6) is -0.659. The van der Waals surface area contributed by atoms with Crippen LogP contribution in [0, 0.1) is 0 Å². The Kier molecular flexibility index (Phi) is 6.20. The lowest BCUT2D eigenvalue weighted by Gasteiger charge is -2.23. The average Bonchev–Trinajstić information content (AvgIpc) is 2.46. The summed E-state index contributed by atoms with van der Waals surface area (Å²) in [6.07, 6.45) is 1.03. The topological polar surface area (TPSA) is 55.4 Å². The van der Waals surface area contributed by atoms with E-state index in [0.717, 1.165) is 5.56 Å². The molecule has 1 amide bonds. The molecule has 0 bridgehead atoms. The van der Waals surface area contributed by atoms with Gasteiger partial charge < -0.3 is 10.1 Å². The highest BCUT2D eigenvalue weighted by atomic mass is 79.9. The fraction of sp³-hybridized carbons (Fsp3) is 0.467. The Morgan fingerprint density at radius 3 is 2.45 bits per heavy atom. The molecule has 110 valence electrons. The second-order valence-electron chi connectivity index (χ2n) is 4.79. The second kappa shape index (κ2) is 7.43. The van der Waals surface area contributed by atoms with Crippen molar-refractivity contribution in [2.75, 3.05) is 7.11 Å². The first-order valence-corrected chi connectivity index (χ1v) is 7.31. The summed E-state index contributed by atoms with van der Waals surface area (Å²) in [5, 5.41) is 2.75. The number of alkyl halides is 1. The number of halogens is 1. The van der Waals surface area contributed by atoms with Crippen molar-refractivity contribution in [1.82, 2.24) is 5.32 Å². The molecule has 0 spiro atoms. The van der Waals surface area contributed by atoms with Crippen LogP contribution in [0.4, 0.5) is 0 Å². The monoisotopic (exact) mass is 341 g/mol. The maximum absolute atomic E-state index is 12.2. The SMILES string of the molecule is CC[C@@](C)(Br)C(=O)N[C@@H](Cc1ccccc1)C(=O)OC. The molecular weight excluding hydrogens is 322 g/mol. The van der Waals surface area contributed by atoms with Crippen molar-refractivity contribution in [2.45, 2.75) is 37.1 Å². The van der Waals surface area contributed by atoms with Crippen molar-refractivity contribution >= 4 is 27.8 Å². The third kappa shape index (κ3) is 4.63. The van der Waals surface area contributed by atoms with Crippen molar-refractivity contribution < 1.29 is 14.3 Å². The Labute approximate surface area is 128 Å². The van der Waals surface area contributed by atoms with E-state index in [-0.39, 0.29) is 5.91 Å². The summed E-state index contributed by atoms with van der Waals surface area (Å²) >= 11 is 3.37. The van der Waals surface area contributed by atoms with Gasteiger partial charge in [0.15, 0.2) is 0 Å². The standard InChI is InChI=1S/C15H20BrNO3/c1-4-15(2,16)14(19)17-12(13(18)20-3)10-11-8-6-5-7-9-11/h5-9,12H,4,10H2,1-3H3,(H,17,19)/t12-,15+/m0/s1. The van der Waals surface area contributed by atoms with Gasteiger partial charge in [-0.05, 0) is 18.9 Å². The molecule has 0 aromatic heterocycles. The number of hydrogen-bond donors (Lipinski definition) is 1. The number of carbonyl (C=O) groups is 2. The van der Waals surface area contributed by atoms with E-state index in [1.165, 1.54) is 7.11 Å². The van der Waals surface area contributed by atoms with E-state index in [1.807, 2.05) is 37.3 Å². The maximum Gasteiger partial charge on any atom is 0.328 e. The smallest absolute Gasteiger partial charge is 0.328 e. The second-order valence-corrected chi connectivity index (χ2v) is 6.54. The quantitative estimate of drug-likeness (QED) is 0.638. The molecule has 1 aromatic rings. The molecule has 0 saturated heterocycles. The molecule has 0 fully saturated rings. The van der Waals surface area contributed by atoms with Gasteiger partial charge in [0.25, 0.3) is 0 Å². The molecule has 2 atom stereocenters. The summed E-state index contributed by atoms with van der Waals surface area (Å²) in [6.45, 7) is 3.68. The van der Waals surface area contributed by atoms with E-state index in [1.54, 1.807) is 6.92 Å². The largest absolute Gasteiger partial charge is 0.467 e. The van der Waals surface area contributed by atoms with Gasteiger partial charge in [-0.15, -0.1) is 0 Å². The van der Waals surface area contributed by atoms with Gasteiger partial charge in [0.2, 0.25) is 5.91 Å². The summed E-state index contributed by atoms with van der Waals surface area (Å²) in [6, 6.07) is 8.84. The first kappa shape index (κ1) is 16.7. The minimum absolute atomic E-state index is 0.216. The molecule has 0 aliphatic rings. The molecule has 20 heavy (non-hydrogen) atoms. The Hall–Kier alpha value is -1.36. The van der Waals surface area contributed by atoms with Gasteiger partial charge in [-0.2, -0.15) is 0 Å². The number of esters is 1. The Morgan fingerprint density at radius 2 is 1.95 bits per heavy atom. The van der Waals surface area contributed by atoms with Crippen LogP contribution in [0.3, 0.4) is 0 Å². The first-order valence-electron chi connectivity index (χ1n) is 6.52. The van der Waals surface area contributed by atoms with Crippen molar-refractivity contribution in [1.29, 1.82) is 0 Å². The van der Waals surface area contributed by atoms with Crippen LogP contribution in [0.25, 0.3) is 0 Å². The fourth-order valence-corrected chi connectivity index (χ4v) is 1.77. The molecule has 1 aromatic carbocycles. The highest BCUT2D eigenvalue weighted by molar-refractivity contribution is 9.10. The minimum atomic E-state index is -0.685. The van der Waals surface area contributed by atoms with E-state index in [2.05, 4.69) is 21.2 Å². The van der Waals surface area contributed by atoms with Crippen molar-refractivity contribution in [3.63, 3.8) is 0 Å². The van der Waals surface area contributed by atoms with E-state index < -0.39 is 16.3 Å². The van der Waals surface area contributed by atoms with Crippen LogP contribution in [0.5, 0.6) is 0 Å². The van der Waals surface area contributed by atoms with Crippen LogP contribution in [-0.4, -0.2) is 29.4 Å². The highest BCUT2D eigenvalue weighted by Gasteiger charge is 2.31.